The minimum Gasteiger partial charge on any atom is -0.385 e. The third kappa shape index (κ3) is 2.37. The molecule has 0 aliphatic carbocycles. The molecule has 0 amide bonds. The number of hydrogen-bond donors (Lipinski definition) is 1. The van der Waals surface area contributed by atoms with Gasteiger partial charge in [-0.05, 0) is 43.4 Å². The summed E-state index contributed by atoms with van der Waals surface area (Å²) in [6.45, 7) is 2.26. The molecule has 0 radical (unpaired) electrons. The molecule has 0 unspecified atom stereocenters. The van der Waals surface area contributed by atoms with E-state index in [1.54, 1.807) is 10.4 Å². The summed E-state index contributed by atoms with van der Waals surface area (Å²) in [6, 6.07) is 5.58. The van der Waals surface area contributed by atoms with Crippen LogP contribution < -0.4 is 5.32 Å². The first-order valence-corrected chi connectivity index (χ1v) is 8.49. The smallest absolute Gasteiger partial charge is 0.243 e. The van der Waals surface area contributed by atoms with E-state index < -0.39 is 10.0 Å². The van der Waals surface area contributed by atoms with Gasteiger partial charge in [-0.1, -0.05) is 12.5 Å². The van der Waals surface area contributed by atoms with Crippen LogP contribution in [-0.4, -0.2) is 32.4 Å². The average Bonchev–Trinajstić information content (AvgIpc) is 2.47. The van der Waals surface area contributed by atoms with Crippen molar-refractivity contribution in [2.24, 2.45) is 0 Å². The Bertz CT molecular complexity index is 563. The first-order chi connectivity index (χ1) is 9.19. The van der Waals surface area contributed by atoms with Gasteiger partial charge >= 0.3 is 0 Å². The van der Waals surface area contributed by atoms with Crippen LogP contribution in [0.3, 0.4) is 0 Å². The lowest BCUT2D eigenvalue weighted by Crippen LogP contribution is -2.36. The van der Waals surface area contributed by atoms with Crippen LogP contribution in [0, 0.1) is 0 Å². The van der Waals surface area contributed by atoms with Crippen molar-refractivity contribution in [1.82, 2.24) is 4.31 Å². The molecule has 1 aromatic carbocycles. The number of sulfonamides is 1. The van der Waals surface area contributed by atoms with E-state index in [9.17, 15) is 8.42 Å². The quantitative estimate of drug-likeness (QED) is 0.903. The van der Waals surface area contributed by atoms with Gasteiger partial charge in [-0.15, -0.1) is 0 Å². The fourth-order valence-corrected chi connectivity index (χ4v) is 4.75. The summed E-state index contributed by atoms with van der Waals surface area (Å²) in [5.74, 6) is 0. The Morgan fingerprint density at radius 1 is 1.05 bits per heavy atom. The van der Waals surface area contributed by atoms with Gasteiger partial charge in [-0.25, -0.2) is 8.42 Å². The van der Waals surface area contributed by atoms with Gasteiger partial charge in [0.1, 0.15) is 0 Å². The molecule has 5 heteroatoms. The Hall–Kier alpha value is -1.07. The molecule has 1 saturated heterocycles. The Labute approximate surface area is 114 Å². The summed E-state index contributed by atoms with van der Waals surface area (Å²) in [4.78, 5) is 0.513. The molecule has 3 rings (SSSR count). The van der Waals surface area contributed by atoms with Crippen LogP contribution in [0.2, 0.25) is 0 Å². The van der Waals surface area contributed by atoms with Crippen molar-refractivity contribution in [3.8, 4) is 0 Å². The van der Waals surface area contributed by atoms with Gasteiger partial charge in [0.05, 0.1) is 4.90 Å². The molecule has 104 valence electrons. The molecule has 2 heterocycles. The van der Waals surface area contributed by atoms with E-state index in [-0.39, 0.29) is 0 Å². The van der Waals surface area contributed by atoms with Crippen molar-refractivity contribution in [2.75, 3.05) is 25.0 Å². The summed E-state index contributed by atoms with van der Waals surface area (Å²) >= 11 is 0. The van der Waals surface area contributed by atoms with Crippen LogP contribution in [0.4, 0.5) is 5.69 Å². The van der Waals surface area contributed by atoms with Crippen molar-refractivity contribution in [3.63, 3.8) is 0 Å². The van der Waals surface area contributed by atoms with Crippen LogP contribution in [0.1, 0.15) is 31.2 Å². The fourth-order valence-electron chi connectivity index (χ4n) is 2.96. The van der Waals surface area contributed by atoms with Crippen molar-refractivity contribution in [2.45, 2.75) is 37.0 Å². The van der Waals surface area contributed by atoms with Gasteiger partial charge in [0.2, 0.25) is 10.0 Å². The summed E-state index contributed by atoms with van der Waals surface area (Å²) in [7, 11) is -3.31. The average molecular weight is 280 g/mol. The Balaban J connectivity index is 2.01. The first kappa shape index (κ1) is 12.9. The van der Waals surface area contributed by atoms with Crippen molar-refractivity contribution in [1.29, 1.82) is 0 Å². The maximum atomic E-state index is 12.8. The largest absolute Gasteiger partial charge is 0.385 e. The van der Waals surface area contributed by atoms with Gasteiger partial charge in [-0.3, -0.25) is 0 Å². The highest BCUT2D eigenvalue weighted by atomic mass is 32.2. The second-order valence-corrected chi connectivity index (χ2v) is 7.18. The highest BCUT2D eigenvalue weighted by Crippen LogP contribution is 2.31. The molecule has 0 saturated carbocycles. The fraction of sp³-hybridized carbons (Fsp3) is 0.571. The predicted molar refractivity (Wildman–Crippen MR) is 75.9 cm³/mol. The Kier molecular flexibility index (Phi) is 3.50. The zero-order chi connectivity index (χ0) is 13.3. The summed E-state index contributed by atoms with van der Waals surface area (Å²) in [5.41, 5.74) is 1.96. The lowest BCUT2D eigenvalue weighted by atomic mass is 10.0. The van der Waals surface area contributed by atoms with Gasteiger partial charge in [-0.2, -0.15) is 4.31 Å². The molecule has 19 heavy (non-hydrogen) atoms. The van der Waals surface area contributed by atoms with Crippen LogP contribution in [-0.2, 0) is 16.4 Å². The number of benzene rings is 1. The molecule has 0 aromatic heterocycles. The normalized spacial score (nSPS) is 20.6. The van der Waals surface area contributed by atoms with E-state index in [0.717, 1.165) is 49.9 Å². The number of hydrogen-bond acceptors (Lipinski definition) is 3. The van der Waals surface area contributed by atoms with E-state index in [1.807, 2.05) is 12.1 Å². The van der Waals surface area contributed by atoms with Crippen LogP contribution in [0.5, 0.6) is 0 Å². The predicted octanol–water partition coefficient (Wildman–Crippen LogP) is 2.22. The second-order valence-electron chi connectivity index (χ2n) is 5.28. The number of fused-ring (bicyclic) bond motifs is 1. The zero-order valence-electron chi connectivity index (χ0n) is 11.1. The van der Waals surface area contributed by atoms with Gasteiger partial charge in [0.15, 0.2) is 0 Å². The Morgan fingerprint density at radius 3 is 2.63 bits per heavy atom. The SMILES string of the molecule is O=S(=O)(c1cccc2c1CCCN2)N1CCCCC1. The van der Waals surface area contributed by atoms with Gasteiger partial charge in [0, 0.05) is 25.3 Å². The van der Waals surface area contributed by atoms with Crippen molar-refractivity contribution < 1.29 is 8.42 Å². The number of rotatable bonds is 2. The molecule has 2 aliphatic heterocycles. The number of nitrogens with one attached hydrogen (secondary N) is 1. The second kappa shape index (κ2) is 5.13. The minimum absolute atomic E-state index is 0.513. The third-order valence-corrected chi connectivity index (χ3v) is 5.97. The van der Waals surface area contributed by atoms with E-state index in [0.29, 0.717) is 18.0 Å². The van der Waals surface area contributed by atoms with Crippen LogP contribution in [0.15, 0.2) is 23.1 Å². The standard InChI is InChI=1S/C14H20N2O2S/c17-19(18,16-10-2-1-3-11-16)14-8-4-7-13-12(14)6-5-9-15-13/h4,7-8,15H,1-3,5-6,9-11H2. The first-order valence-electron chi connectivity index (χ1n) is 7.05. The maximum absolute atomic E-state index is 12.8. The molecular weight excluding hydrogens is 260 g/mol. The van der Waals surface area contributed by atoms with E-state index in [4.69, 9.17) is 0 Å². The topological polar surface area (TPSA) is 49.4 Å². The zero-order valence-corrected chi connectivity index (χ0v) is 11.9. The third-order valence-electron chi connectivity index (χ3n) is 3.98. The highest BCUT2D eigenvalue weighted by Gasteiger charge is 2.29. The number of piperidine rings is 1. The molecule has 2 aliphatic rings. The number of nitrogens with zero attached hydrogens (tertiary/aromatic N) is 1. The minimum atomic E-state index is -3.31. The molecular formula is C14H20N2O2S. The van der Waals surface area contributed by atoms with Crippen molar-refractivity contribution in [3.05, 3.63) is 23.8 Å². The lowest BCUT2D eigenvalue weighted by molar-refractivity contribution is 0.346. The lowest BCUT2D eigenvalue weighted by Gasteiger charge is -2.28. The van der Waals surface area contributed by atoms with Gasteiger partial charge < -0.3 is 5.32 Å². The van der Waals surface area contributed by atoms with E-state index in [2.05, 4.69) is 5.32 Å². The summed E-state index contributed by atoms with van der Waals surface area (Å²) in [6.07, 6.45) is 4.95. The molecule has 1 aromatic rings. The number of anilines is 1. The molecule has 0 spiro atoms. The Morgan fingerprint density at radius 2 is 1.84 bits per heavy atom. The highest BCUT2D eigenvalue weighted by molar-refractivity contribution is 7.89. The summed E-state index contributed by atoms with van der Waals surface area (Å²) in [5, 5.41) is 3.30. The van der Waals surface area contributed by atoms with E-state index >= 15 is 0 Å². The molecule has 0 bridgehead atoms. The van der Waals surface area contributed by atoms with Crippen molar-refractivity contribution >= 4 is 15.7 Å². The monoisotopic (exact) mass is 280 g/mol. The maximum Gasteiger partial charge on any atom is 0.243 e. The van der Waals surface area contributed by atoms with Crippen LogP contribution in [0.25, 0.3) is 0 Å². The summed E-state index contributed by atoms with van der Waals surface area (Å²) < 4.78 is 27.2. The molecule has 4 nitrogen and oxygen atoms in total. The molecule has 1 N–H and O–H groups in total. The van der Waals surface area contributed by atoms with Crippen LogP contribution >= 0.6 is 0 Å². The van der Waals surface area contributed by atoms with E-state index in [1.165, 1.54) is 0 Å². The molecule has 0 atom stereocenters. The molecule has 1 fully saturated rings. The van der Waals surface area contributed by atoms with Gasteiger partial charge in [0.25, 0.3) is 0 Å².